The number of halogens is 1. The second-order valence-corrected chi connectivity index (χ2v) is 5.17. The summed E-state index contributed by atoms with van der Waals surface area (Å²) < 4.78 is 40.4. The highest BCUT2D eigenvalue weighted by Gasteiger charge is 2.24. The standard InChI is InChI=1S/C13H18FO4P/c1-3-16-19(15,17-4-2)18-11-10-13(14)12-8-6-5-7-9-12/h5-10H,3-4,11H2,1-2H3/b13-10-. The van der Waals surface area contributed by atoms with Crippen LogP contribution in [0.15, 0.2) is 36.4 Å². The molecule has 0 aliphatic rings. The summed E-state index contributed by atoms with van der Waals surface area (Å²) >= 11 is 0. The molecule has 0 radical (unpaired) electrons. The number of phosphoric acid groups is 1. The maximum absolute atomic E-state index is 13.7. The molecule has 0 amide bonds. The van der Waals surface area contributed by atoms with E-state index in [0.717, 1.165) is 0 Å². The highest BCUT2D eigenvalue weighted by atomic mass is 31.2. The van der Waals surface area contributed by atoms with Gasteiger partial charge in [0, 0.05) is 5.56 Å². The second-order valence-electron chi connectivity index (χ2n) is 3.50. The van der Waals surface area contributed by atoms with Gasteiger partial charge in [0.25, 0.3) is 0 Å². The van der Waals surface area contributed by atoms with Crippen LogP contribution < -0.4 is 0 Å². The summed E-state index contributed by atoms with van der Waals surface area (Å²) in [5.41, 5.74) is 0.439. The predicted octanol–water partition coefficient (Wildman–Crippen LogP) is 4.19. The Hall–Kier alpha value is -1.00. The molecule has 1 rings (SSSR count). The molecule has 0 aliphatic carbocycles. The molecule has 0 unspecified atom stereocenters. The smallest absolute Gasteiger partial charge is 0.287 e. The van der Waals surface area contributed by atoms with Crippen LogP contribution in [-0.4, -0.2) is 19.8 Å². The van der Waals surface area contributed by atoms with E-state index in [2.05, 4.69) is 0 Å². The summed E-state index contributed by atoms with van der Waals surface area (Å²) in [6.45, 7) is 3.56. The Morgan fingerprint density at radius 3 is 2.26 bits per heavy atom. The van der Waals surface area contributed by atoms with E-state index in [4.69, 9.17) is 13.6 Å². The highest BCUT2D eigenvalue weighted by Crippen LogP contribution is 2.49. The van der Waals surface area contributed by atoms with Gasteiger partial charge < -0.3 is 0 Å². The molecule has 106 valence electrons. The van der Waals surface area contributed by atoms with Gasteiger partial charge in [0.05, 0.1) is 19.8 Å². The van der Waals surface area contributed by atoms with Crippen LogP contribution in [0.25, 0.3) is 5.83 Å². The van der Waals surface area contributed by atoms with Crippen LogP contribution in [0.5, 0.6) is 0 Å². The van der Waals surface area contributed by atoms with Crippen molar-refractivity contribution in [1.29, 1.82) is 0 Å². The molecule has 0 fully saturated rings. The van der Waals surface area contributed by atoms with Gasteiger partial charge in [0.1, 0.15) is 5.83 Å². The van der Waals surface area contributed by atoms with Crippen molar-refractivity contribution in [3.63, 3.8) is 0 Å². The largest absolute Gasteiger partial charge is 0.475 e. The minimum absolute atomic E-state index is 0.183. The van der Waals surface area contributed by atoms with Crippen LogP contribution in [0.2, 0.25) is 0 Å². The van der Waals surface area contributed by atoms with Gasteiger partial charge in [-0.15, -0.1) is 0 Å². The van der Waals surface area contributed by atoms with Crippen molar-refractivity contribution in [3.05, 3.63) is 42.0 Å². The molecule has 0 spiro atoms. The van der Waals surface area contributed by atoms with Crippen molar-refractivity contribution in [2.45, 2.75) is 13.8 Å². The first-order chi connectivity index (χ1) is 9.11. The fourth-order valence-electron chi connectivity index (χ4n) is 1.34. The van der Waals surface area contributed by atoms with Gasteiger partial charge in [-0.3, -0.25) is 13.6 Å². The molecule has 1 aromatic rings. The molecular formula is C13H18FO4P. The fourth-order valence-corrected chi connectivity index (χ4v) is 2.46. The van der Waals surface area contributed by atoms with Crippen LogP contribution in [-0.2, 0) is 18.1 Å². The van der Waals surface area contributed by atoms with Crippen molar-refractivity contribution in [3.8, 4) is 0 Å². The molecule has 0 saturated carbocycles. The lowest BCUT2D eigenvalue weighted by Crippen LogP contribution is -2.00. The monoisotopic (exact) mass is 288 g/mol. The minimum atomic E-state index is -3.58. The van der Waals surface area contributed by atoms with Crippen LogP contribution in [0, 0.1) is 0 Å². The number of hydrogen-bond acceptors (Lipinski definition) is 4. The van der Waals surface area contributed by atoms with Gasteiger partial charge in [0.15, 0.2) is 0 Å². The zero-order valence-corrected chi connectivity index (χ0v) is 11.9. The molecule has 0 bridgehead atoms. The van der Waals surface area contributed by atoms with Gasteiger partial charge in [0.2, 0.25) is 0 Å². The van der Waals surface area contributed by atoms with E-state index < -0.39 is 13.6 Å². The van der Waals surface area contributed by atoms with Crippen LogP contribution in [0.4, 0.5) is 4.39 Å². The zero-order valence-electron chi connectivity index (χ0n) is 11.0. The molecule has 0 N–H and O–H groups in total. The zero-order chi connectivity index (χ0) is 14.1. The Labute approximate surface area is 112 Å². The maximum Gasteiger partial charge on any atom is 0.475 e. The van der Waals surface area contributed by atoms with E-state index in [9.17, 15) is 8.96 Å². The number of hydrogen-bond donors (Lipinski definition) is 0. The Balaban J connectivity index is 2.58. The van der Waals surface area contributed by atoms with E-state index in [1.165, 1.54) is 6.08 Å². The molecule has 6 heteroatoms. The van der Waals surface area contributed by atoms with Gasteiger partial charge in [-0.1, -0.05) is 30.3 Å². The summed E-state index contributed by atoms with van der Waals surface area (Å²) in [7, 11) is -3.58. The average Bonchev–Trinajstić information content (AvgIpc) is 2.40. The fraction of sp³-hybridized carbons (Fsp3) is 0.385. The molecular weight excluding hydrogens is 270 g/mol. The van der Waals surface area contributed by atoms with Crippen molar-refractivity contribution < 1.29 is 22.5 Å². The van der Waals surface area contributed by atoms with Crippen molar-refractivity contribution in [2.75, 3.05) is 19.8 Å². The third kappa shape index (κ3) is 5.66. The Morgan fingerprint density at radius 1 is 1.16 bits per heavy atom. The molecule has 0 atom stereocenters. The first-order valence-corrected chi connectivity index (χ1v) is 7.52. The van der Waals surface area contributed by atoms with E-state index in [-0.39, 0.29) is 19.8 Å². The number of phosphoric ester groups is 1. The van der Waals surface area contributed by atoms with Gasteiger partial charge >= 0.3 is 7.82 Å². The highest BCUT2D eigenvalue weighted by molar-refractivity contribution is 7.48. The predicted molar refractivity (Wildman–Crippen MR) is 72.3 cm³/mol. The van der Waals surface area contributed by atoms with Crippen LogP contribution in [0.1, 0.15) is 19.4 Å². The Kier molecular flexibility index (Phi) is 6.95. The van der Waals surface area contributed by atoms with Crippen molar-refractivity contribution in [2.24, 2.45) is 0 Å². The Bertz CT molecular complexity index is 437. The quantitative estimate of drug-likeness (QED) is 0.673. The Morgan fingerprint density at radius 2 is 1.74 bits per heavy atom. The third-order valence-corrected chi connectivity index (χ3v) is 3.73. The summed E-state index contributed by atoms with van der Waals surface area (Å²) in [5, 5.41) is 0. The SMILES string of the molecule is CCOP(=O)(OCC)OC/C=C(\F)c1ccccc1. The van der Waals surface area contributed by atoms with Crippen molar-refractivity contribution >= 4 is 13.6 Å². The normalized spacial score (nSPS) is 12.7. The topological polar surface area (TPSA) is 44.8 Å². The van der Waals surface area contributed by atoms with E-state index in [0.29, 0.717) is 5.56 Å². The molecule has 0 heterocycles. The average molecular weight is 288 g/mol. The van der Waals surface area contributed by atoms with Crippen molar-refractivity contribution in [1.82, 2.24) is 0 Å². The maximum atomic E-state index is 13.7. The lowest BCUT2D eigenvalue weighted by Gasteiger charge is -2.15. The molecule has 0 saturated heterocycles. The van der Waals surface area contributed by atoms with E-state index in [1.807, 2.05) is 0 Å². The lowest BCUT2D eigenvalue weighted by molar-refractivity contribution is 0.131. The lowest BCUT2D eigenvalue weighted by atomic mass is 10.2. The summed E-state index contributed by atoms with van der Waals surface area (Å²) in [5.74, 6) is -0.444. The molecule has 4 nitrogen and oxygen atoms in total. The summed E-state index contributed by atoms with van der Waals surface area (Å²) in [6, 6.07) is 8.53. The summed E-state index contributed by atoms with van der Waals surface area (Å²) in [4.78, 5) is 0. The first-order valence-electron chi connectivity index (χ1n) is 6.06. The minimum Gasteiger partial charge on any atom is -0.287 e. The number of rotatable bonds is 8. The molecule has 0 aromatic heterocycles. The van der Waals surface area contributed by atoms with Gasteiger partial charge in [-0.25, -0.2) is 8.96 Å². The van der Waals surface area contributed by atoms with Gasteiger partial charge in [-0.05, 0) is 19.9 Å². The second kappa shape index (κ2) is 8.23. The van der Waals surface area contributed by atoms with Gasteiger partial charge in [-0.2, -0.15) is 0 Å². The molecule has 1 aromatic carbocycles. The number of benzene rings is 1. The summed E-state index contributed by atoms with van der Waals surface area (Å²) in [6.07, 6.45) is 1.19. The van der Waals surface area contributed by atoms with E-state index in [1.54, 1.807) is 44.2 Å². The van der Waals surface area contributed by atoms with Crippen LogP contribution in [0.3, 0.4) is 0 Å². The van der Waals surface area contributed by atoms with Crippen LogP contribution >= 0.6 is 7.82 Å². The van der Waals surface area contributed by atoms with E-state index >= 15 is 0 Å². The molecule has 0 aliphatic heterocycles. The third-order valence-electron chi connectivity index (χ3n) is 2.12. The first kappa shape index (κ1) is 16.1. The molecule has 19 heavy (non-hydrogen) atoms.